The first-order chi connectivity index (χ1) is 7.68. The van der Waals surface area contributed by atoms with Gasteiger partial charge in [-0.3, -0.25) is 4.79 Å². The Morgan fingerprint density at radius 1 is 1.25 bits per heavy atom. The third kappa shape index (κ3) is 9.64. The summed E-state index contributed by atoms with van der Waals surface area (Å²) in [7, 11) is 0. The number of nitrogens with one attached hydrogen (secondary N) is 1. The lowest BCUT2D eigenvalue weighted by molar-refractivity contribution is -0.117. The second-order valence-corrected chi connectivity index (χ2v) is 3.34. The van der Waals surface area contributed by atoms with Crippen molar-refractivity contribution < 1.29 is 19.4 Å². The molecule has 94 valence electrons. The summed E-state index contributed by atoms with van der Waals surface area (Å²) in [6.07, 6.45) is 0.763. The van der Waals surface area contributed by atoms with Gasteiger partial charge in [0.15, 0.2) is 0 Å². The zero-order valence-electron chi connectivity index (χ0n) is 9.83. The summed E-state index contributed by atoms with van der Waals surface area (Å²) >= 11 is 0. The molecule has 5 nitrogen and oxygen atoms in total. The van der Waals surface area contributed by atoms with E-state index in [0.717, 1.165) is 6.42 Å². The SMILES string of the molecule is C=C(C)C(=O)NCCCOCCOCCO. The van der Waals surface area contributed by atoms with Crippen LogP contribution in [-0.2, 0) is 14.3 Å². The van der Waals surface area contributed by atoms with Crippen LogP contribution in [0.1, 0.15) is 13.3 Å². The number of amides is 1. The van der Waals surface area contributed by atoms with Crippen LogP contribution >= 0.6 is 0 Å². The molecule has 0 spiro atoms. The van der Waals surface area contributed by atoms with Gasteiger partial charge < -0.3 is 19.9 Å². The summed E-state index contributed by atoms with van der Waals surface area (Å²) in [6, 6.07) is 0. The van der Waals surface area contributed by atoms with Gasteiger partial charge in [0.1, 0.15) is 0 Å². The Morgan fingerprint density at radius 2 is 1.88 bits per heavy atom. The monoisotopic (exact) mass is 231 g/mol. The minimum absolute atomic E-state index is 0.0347. The maximum atomic E-state index is 11.1. The third-order valence-electron chi connectivity index (χ3n) is 1.75. The molecule has 0 atom stereocenters. The maximum absolute atomic E-state index is 11.1. The second kappa shape index (κ2) is 10.6. The average molecular weight is 231 g/mol. The number of hydrogen-bond acceptors (Lipinski definition) is 4. The molecule has 0 aromatic heterocycles. The Kier molecular flexibility index (Phi) is 10.00. The molecule has 0 saturated heterocycles. The Bertz CT molecular complexity index is 206. The molecule has 0 unspecified atom stereocenters. The van der Waals surface area contributed by atoms with E-state index in [1.54, 1.807) is 6.92 Å². The Balaban J connectivity index is 3.10. The molecule has 2 N–H and O–H groups in total. The van der Waals surface area contributed by atoms with Gasteiger partial charge >= 0.3 is 0 Å². The zero-order chi connectivity index (χ0) is 12.2. The minimum Gasteiger partial charge on any atom is -0.394 e. The first kappa shape index (κ1) is 15.1. The van der Waals surface area contributed by atoms with Crippen LogP contribution in [0.25, 0.3) is 0 Å². The van der Waals surface area contributed by atoms with Gasteiger partial charge in [0, 0.05) is 18.7 Å². The molecule has 1 amide bonds. The summed E-state index contributed by atoms with van der Waals surface area (Å²) in [6.45, 7) is 7.74. The molecule has 0 saturated carbocycles. The maximum Gasteiger partial charge on any atom is 0.246 e. The molecule has 0 fully saturated rings. The fourth-order valence-electron chi connectivity index (χ4n) is 0.914. The van der Waals surface area contributed by atoms with Crippen molar-refractivity contribution in [2.75, 3.05) is 39.6 Å². The molecule has 16 heavy (non-hydrogen) atoms. The van der Waals surface area contributed by atoms with Gasteiger partial charge in [-0.25, -0.2) is 0 Å². The molecule has 0 heterocycles. The van der Waals surface area contributed by atoms with Crippen LogP contribution < -0.4 is 5.32 Å². The minimum atomic E-state index is -0.119. The molecule has 0 aromatic carbocycles. The molecule has 0 aliphatic rings. The average Bonchev–Trinajstić information content (AvgIpc) is 2.26. The largest absolute Gasteiger partial charge is 0.394 e. The number of rotatable bonds is 10. The highest BCUT2D eigenvalue weighted by atomic mass is 16.5. The summed E-state index contributed by atoms with van der Waals surface area (Å²) in [5, 5.41) is 11.1. The quantitative estimate of drug-likeness (QED) is 0.413. The second-order valence-electron chi connectivity index (χ2n) is 3.34. The van der Waals surface area contributed by atoms with Gasteiger partial charge in [0.2, 0.25) is 5.91 Å². The first-order valence-electron chi connectivity index (χ1n) is 5.38. The highest BCUT2D eigenvalue weighted by Gasteiger charge is 1.99. The molecular formula is C11H21NO4. The lowest BCUT2D eigenvalue weighted by Gasteiger charge is -2.06. The number of aliphatic hydroxyl groups is 1. The fourth-order valence-corrected chi connectivity index (χ4v) is 0.914. The van der Waals surface area contributed by atoms with Crippen molar-refractivity contribution in [1.29, 1.82) is 0 Å². The van der Waals surface area contributed by atoms with Crippen LogP contribution in [0, 0.1) is 0 Å². The van der Waals surface area contributed by atoms with E-state index in [9.17, 15) is 4.79 Å². The van der Waals surface area contributed by atoms with E-state index < -0.39 is 0 Å². The van der Waals surface area contributed by atoms with Crippen LogP contribution in [0.2, 0.25) is 0 Å². The molecule has 0 bridgehead atoms. The standard InChI is InChI=1S/C11H21NO4/c1-10(2)11(14)12-4-3-6-15-8-9-16-7-5-13/h13H,1,3-9H2,2H3,(H,12,14). The predicted molar refractivity (Wildman–Crippen MR) is 61.2 cm³/mol. The van der Waals surface area contributed by atoms with Crippen molar-refractivity contribution in [3.8, 4) is 0 Å². The summed E-state index contributed by atoms with van der Waals surface area (Å²) < 4.78 is 10.2. The van der Waals surface area contributed by atoms with Crippen LogP contribution in [0.15, 0.2) is 12.2 Å². The van der Waals surface area contributed by atoms with E-state index in [0.29, 0.717) is 38.5 Å². The van der Waals surface area contributed by atoms with Gasteiger partial charge in [-0.1, -0.05) is 6.58 Å². The van der Waals surface area contributed by atoms with E-state index in [1.807, 2.05) is 0 Å². The fraction of sp³-hybridized carbons (Fsp3) is 0.727. The number of hydrogen-bond donors (Lipinski definition) is 2. The van der Waals surface area contributed by atoms with Crippen molar-refractivity contribution >= 4 is 5.91 Å². The molecule has 5 heteroatoms. The summed E-state index contributed by atoms with van der Waals surface area (Å²) in [5.74, 6) is -0.119. The normalized spacial score (nSPS) is 10.1. The topological polar surface area (TPSA) is 67.8 Å². The molecular weight excluding hydrogens is 210 g/mol. The van der Waals surface area contributed by atoms with E-state index in [-0.39, 0.29) is 12.5 Å². The summed E-state index contributed by atoms with van der Waals surface area (Å²) in [5.41, 5.74) is 0.512. The molecule has 0 radical (unpaired) electrons. The van der Waals surface area contributed by atoms with Crippen molar-refractivity contribution in [1.82, 2.24) is 5.32 Å². The molecule has 0 aliphatic heterocycles. The Morgan fingerprint density at radius 3 is 2.44 bits per heavy atom. The van der Waals surface area contributed by atoms with E-state index in [1.165, 1.54) is 0 Å². The number of carbonyl (C=O) groups is 1. The highest BCUT2D eigenvalue weighted by molar-refractivity contribution is 5.91. The van der Waals surface area contributed by atoms with E-state index in [2.05, 4.69) is 11.9 Å². The number of ether oxygens (including phenoxy) is 2. The summed E-state index contributed by atoms with van der Waals surface area (Å²) in [4.78, 5) is 11.1. The molecule has 0 aliphatic carbocycles. The molecule has 0 rings (SSSR count). The number of carbonyl (C=O) groups excluding carboxylic acids is 1. The number of aliphatic hydroxyl groups excluding tert-OH is 1. The smallest absolute Gasteiger partial charge is 0.246 e. The van der Waals surface area contributed by atoms with Crippen LogP contribution in [-0.4, -0.2) is 50.6 Å². The van der Waals surface area contributed by atoms with Gasteiger partial charge in [-0.15, -0.1) is 0 Å². The van der Waals surface area contributed by atoms with Crippen LogP contribution in [0.3, 0.4) is 0 Å². The van der Waals surface area contributed by atoms with Gasteiger partial charge in [-0.2, -0.15) is 0 Å². The van der Waals surface area contributed by atoms with Crippen molar-refractivity contribution in [3.05, 3.63) is 12.2 Å². The van der Waals surface area contributed by atoms with Crippen molar-refractivity contribution in [3.63, 3.8) is 0 Å². The van der Waals surface area contributed by atoms with Crippen molar-refractivity contribution in [2.24, 2.45) is 0 Å². The van der Waals surface area contributed by atoms with Gasteiger partial charge in [-0.05, 0) is 13.3 Å². The zero-order valence-corrected chi connectivity index (χ0v) is 9.83. The van der Waals surface area contributed by atoms with Crippen LogP contribution in [0.4, 0.5) is 0 Å². The van der Waals surface area contributed by atoms with E-state index >= 15 is 0 Å². The lowest BCUT2D eigenvalue weighted by Crippen LogP contribution is -2.25. The predicted octanol–water partition coefficient (Wildman–Crippen LogP) is 0.0943. The van der Waals surface area contributed by atoms with Gasteiger partial charge in [0.05, 0.1) is 26.4 Å². The third-order valence-corrected chi connectivity index (χ3v) is 1.75. The van der Waals surface area contributed by atoms with E-state index in [4.69, 9.17) is 14.6 Å². The van der Waals surface area contributed by atoms with Crippen LogP contribution in [0.5, 0.6) is 0 Å². The lowest BCUT2D eigenvalue weighted by atomic mass is 10.3. The Labute approximate surface area is 96.4 Å². The molecule has 0 aromatic rings. The Hall–Kier alpha value is -0.910. The first-order valence-corrected chi connectivity index (χ1v) is 5.38. The van der Waals surface area contributed by atoms with Crippen molar-refractivity contribution in [2.45, 2.75) is 13.3 Å². The highest BCUT2D eigenvalue weighted by Crippen LogP contribution is 1.87. The van der Waals surface area contributed by atoms with Gasteiger partial charge in [0.25, 0.3) is 0 Å².